The molecule has 0 rings (SSSR count). The molecule has 14 heavy (non-hydrogen) atoms. The van der Waals surface area contributed by atoms with Crippen LogP contribution in [0.4, 0.5) is 4.70 Å². The molecule has 0 amide bonds. The lowest BCUT2D eigenvalue weighted by molar-refractivity contribution is -0.139. The Morgan fingerprint density at radius 1 is 1.21 bits per heavy atom. The van der Waals surface area contributed by atoms with Gasteiger partial charge >= 0.3 is 5.97 Å². The molecule has 0 aliphatic rings. The molecule has 0 aromatic heterocycles. The Hall–Kier alpha value is -0.860. The summed E-state index contributed by atoms with van der Waals surface area (Å²) in [6.07, 6.45) is 5.87. The Labute approximate surface area is 85.7 Å². The van der Waals surface area contributed by atoms with E-state index in [1.807, 2.05) is 0 Å². The molecular weight excluding hydrogens is 183 g/mol. The second kappa shape index (κ2) is 10.2. The molecule has 0 spiro atoms. The first-order valence-corrected chi connectivity index (χ1v) is 5.01. The normalized spacial score (nSPS) is 9.00. The predicted molar refractivity (Wildman–Crippen MR) is 57.0 cm³/mol. The van der Waals surface area contributed by atoms with Crippen molar-refractivity contribution in [1.82, 2.24) is 0 Å². The fourth-order valence-electron chi connectivity index (χ4n) is 0.994. The van der Waals surface area contributed by atoms with E-state index in [9.17, 15) is 4.79 Å². The average Bonchev–Trinajstić information content (AvgIpc) is 2.10. The summed E-state index contributed by atoms with van der Waals surface area (Å²) in [4.78, 5) is 10.9. The van der Waals surface area contributed by atoms with Crippen LogP contribution in [0.5, 0.6) is 0 Å². The first-order valence-electron chi connectivity index (χ1n) is 5.01. The second-order valence-corrected chi connectivity index (χ2v) is 3.33. The molecule has 0 aliphatic heterocycles. The third-order valence-electron chi connectivity index (χ3n) is 1.83. The molecular formula is C11H21FO2. The first kappa shape index (κ1) is 15.6. The lowest BCUT2D eigenvalue weighted by Gasteiger charge is -2.03. The molecule has 0 fully saturated rings. The number of hydrogen-bond acceptors (Lipinski definition) is 2. The highest BCUT2D eigenvalue weighted by atomic mass is 19.0. The van der Waals surface area contributed by atoms with E-state index in [0.717, 1.165) is 12.8 Å². The number of rotatable bonds is 7. The van der Waals surface area contributed by atoms with Gasteiger partial charge < -0.3 is 4.74 Å². The van der Waals surface area contributed by atoms with Crippen molar-refractivity contribution >= 4 is 5.97 Å². The Kier molecular flexibility index (Phi) is 11.4. The van der Waals surface area contributed by atoms with Gasteiger partial charge in [0.05, 0.1) is 6.61 Å². The van der Waals surface area contributed by atoms with Gasteiger partial charge in [-0.2, -0.15) is 0 Å². The Bertz CT molecular complexity index is 167. The smallest absolute Gasteiger partial charge is 0.333 e. The number of esters is 1. The van der Waals surface area contributed by atoms with Crippen LogP contribution in [0.15, 0.2) is 12.2 Å². The van der Waals surface area contributed by atoms with Crippen molar-refractivity contribution in [1.29, 1.82) is 0 Å². The van der Waals surface area contributed by atoms with Crippen LogP contribution in [0.1, 0.15) is 46.0 Å². The van der Waals surface area contributed by atoms with Crippen molar-refractivity contribution in [3.8, 4) is 0 Å². The maximum Gasteiger partial charge on any atom is 0.333 e. The zero-order chi connectivity index (χ0) is 10.1. The van der Waals surface area contributed by atoms with Crippen molar-refractivity contribution < 1.29 is 14.2 Å². The van der Waals surface area contributed by atoms with Gasteiger partial charge in [-0.05, 0) is 13.3 Å². The third kappa shape index (κ3) is 9.23. The molecule has 0 aromatic carbocycles. The molecule has 0 heterocycles. The second-order valence-electron chi connectivity index (χ2n) is 3.33. The van der Waals surface area contributed by atoms with Crippen LogP contribution >= 0.6 is 0 Å². The molecule has 3 heteroatoms. The van der Waals surface area contributed by atoms with E-state index in [1.165, 1.54) is 19.3 Å². The maximum atomic E-state index is 10.9. The summed E-state index contributed by atoms with van der Waals surface area (Å²) in [6, 6.07) is 0. The summed E-state index contributed by atoms with van der Waals surface area (Å²) < 4.78 is 4.95. The van der Waals surface area contributed by atoms with E-state index in [4.69, 9.17) is 4.74 Å². The lowest BCUT2D eigenvalue weighted by atomic mass is 10.2. The predicted octanol–water partition coefficient (Wildman–Crippen LogP) is 3.23. The van der Waals surface area contributed by atoms with Crippen LogP contribution in [0.25, 0.3) is 0 Å². The zero-order valence-electron chi connectivity index (χ0n) is 9.17. The van der Waals surface area contributed by atoms with Gasteiger partial charge in [0.15, 0.2) is 0 Å². The van der Waals surface area contributed by atoms with Gasteiger partial charge in [0.2, 0.25) is 0 Å². The van der Waals surface area contributed by atoms with Crippen LogP contribution in [0, 0.1) is 0 Å². The zero-order valence-corrected chi connectivity index (χ0v) is 9.17. The Morgan fingerprint density at radius 3 is 2.29 bits per heavy atom. The van der Waals surface area contributed by atoms with Gasteiger partial charge in [0.25, 0.3) is 0 Å². The maximum absolute atomic E-state index is 10.9. The van der Waals surface area contributed by atoms with Gasteiger partial charge in [-0.15, -0.1) is 0 Å². The highest BCUT2D eigenvalue weighted by molar-refractivity contribution is 5.86. The van der Waals surface area contributed by atoms with E-state index in [-0.39, 0.29) is 10.7 Å². The minimum atomic E-state index is -0.268. The van der Waals surface area contributed by atoms with Crippen molar-refractivity contribution in [3.05, 3.63) is 12.2 Å². The number of halogens is 1. The molecule has 84 valence electrons. The van der Waals surface area contributed by atoms with Crippen LogP contribution < -0.4 is 0 Å². The average molecular weight is 204 g/mol. The number of unbranched alkanes of at least 4 members (excludes halogenated alkanes) is 4. The highest BCUT2D eigenvalue weighted by Crippen LogP contribution is 2.03. The van der Waals surface area contributed by atoms with Crippen LogP contribution in [-0.2, 0) is 9.53 Å². The standard InChI is InChI=1S/C11H20O2.FH/c1-4-5-6-7-8-9-13-11(12)10(2)3;/h2,4-9H2,1,3H3;1H. The van der Waals surface area contributed by atoms with E-state index in [0.29, 0.717) is 12.2 Å². The summed E-state index contributed by atoms with van der Waals surface area (Å²) >= 11 is 0. The van der Waals surface area contributed by atoms with E-state index in [1.54, 1.807) is 6.92 Å². The van der Waals surface area contributed by atoms with Crippen molar-refractivity contribution in [2.45, 2.75) is 46.0 Å². The van der Waals surface area contributed by atoms with Gasteiger partial charge in [-0.1, -0.05) is 39.2 Å². The molecule has 0 aromatic rings. The minimum Gasteiger partial charge on any atom is -0.462 e. The summed E-state index contributed by atoms with van der Waals surface area (Å²) in [7, 11) is 0. The third-order valence-corrected chi connectivity index (χ3v) is 1.83. The fraction of sp³-hybridized carbons (Fsp3) is 0.727. The summed E-state index contributed by atoms with van der Waals surface area (Å²) in [5.41, 5.74) is 0.480. The summed E-state index contributed by atoms with van der Waals surface area (Å²) in [5, 5.41) is 0. The van der Waals surface area contributed by atoms with Crippen LogP contribution in [0.2, 0.25) is 0 Å². The van der Waals surface area contributed by atoms with Crippen molar-refractivity contribution in [2.24, 2.45) is 0 Å². The van der Waals surface area contributed by atoms with Crippen molar-refractivity contribution in [3.63, 3.8) is 0 Å². The molecule has 0 radical (unpaired) electrons. The molecule has 0 aliphatic carbocycles. The summed E-state index contributed by atoms with van der Waals surface area (Å²) in [5.74, 6) is -0.268. The Balaban J connectivity index is 0. The molecule has 0 atom stereocenters. The quantitative estimate of drug-likeness (QED) is 0.361. The van der Waals surface area contributed by atoms with Crippen LogP contribution in [-0.4, -0.2) is 12.6 Å². The monoisotopic (exact) mass is 204 g/mol. The number of carbonyl (C=O) groups is 1. The van der Waals surface area contributed by atoms with Crippen LogP contribution in [0.3, 0.4) is 0 Å². The number of ether oxygens (including phenoxy) is 1. The molecule has 0 unspecified atom stereocenters. The van der Waals surface area contributed by atoms with E-state index in [2.05, 4.69) is 13.5 Å². The lowest BCUT2D eigenvalue weighted by Crippen LogP contribution is -2.05. The van der Waals surface area contributed by atoms with Gasteiger partial charge in [-0.3, -0.25) is 4.70 Å². The number of carbonyl (C=O) groups excluding carboxylic acids is 1. The minimum absolute atomic E-state index is 0. The number of hydrogen-bond donors (Lipinski definition) is 0. The molecule has 0 N–H and O–H groups in total. The van der Waals surface area contributed by atoms with Gasteiger partial charge in [-0.25, -0.2) is 4.79 Å². The van der Waals surface area contributed by atoms with Gasteiger partial charge in [0, 0.05) is 5.57 Å². The van der Waals surface area contributed by atoms with E-state index >= 15 is 0 Å². The molecule has 0 saturated carbocycles. The SMILES string of the molecule is C=C(C)C(=O)OCCCCCCC.F. The molecule has 0 bridgehead atoms. The fourth-order valence-corrected chi connectivity index (χ4v) is 0.994. The Morgan fingerprint density at radius 2 is 1.79 bits per heavy atom. The highest BCUT2D eigenvalue weighted by Gasteiger charge is 2.01. The van der Waals surface area contributed by atoms with Gasteiger partial charge in [0.1, 0.15) is 0 Å². The first-order chi connectivity index (χ1) is 6.18. The topological polar surface area (TPSA) is 26.3 Å². The molecule has 0 saturated heterocycles. The summed E-state index contributed by atoms with van der Waals surface area (Å²) in [6.45, 7) is 7.89. The van der Waals surface area contributed by atoms with E-state index < -0.39 is 0 Å². The molecule has 2 nitrogen and oxygen atoms in total. The largest absolute Gasteiger partial charge is 0.462 e. The van der Waals surface area contributed by atoms with Crippen molar-refractivity contribution in [2.75, 3.05) is 6.61 Å².